The van der Waals surface area contributed by atoms with E-state index >= 15 is 0 Å². The number of ether oxygens (including phenoxy) is 1. The van der Waals surface area contributed by atoms with Gasteiger partial charge >= 0.3 is 0 Å². The molecule has 2 N–H and O–H groups in total. The zero-order valence-electron chi connectivity index (χ0n) is 16.9. The minimum Gasteiger partial charge on any atom is -0.484 e. The highest BCUT2D eigenvalue weighted by Gasteiger charge is 2.60. The SMILES string of the molecule is CC12CCC(C/C1=N/NC(=O)COc1ccc(NC(=O)C3CC3)cc1)C2(C)C. The number of carbonyl (C=O) groups is 2. The molecule has 6 heteroatoms. The molecule has 2 atom stereocenters. The van der Waals surface area contributed by atoms with Gasteiger partial charge in [0.25, 0.3) is 5.91 Å². The molecule has 0 saturated heterocycles. The fraction of sp³-hybridized carbons (Fsp3) is 0.591. The molecule has 0 heterocycles. The van der Waals surface area contributed by atoms with Crippen LogP contribution in [0.1, 0.15) is 52.9 Å². The molecule has 3 aliphatic rings. The summed E-state index contributed by atoms with van der Waals surface area (Å²) in [5.41, 5.74) is 4.83. The number of rotatable bonds is 6. The lowest BCUT2D eigenvalue weighted by Crippen LogP contribution is -2.35. The van der Waals surface area contributed by atoms with Crippen molar-refractivity contribution < 1.29 is 14.3 Å². The normalized spacial score (nSPS) is 29.0. The van der Waals surface area contributed by atoms with Gasteiger partial charge in [-0.25, -0.2) is 5.43 Å². The molecule has 2 bridgehead atoms. The first kappa shape index (κ1) is 19.0. The van der Waals surface area contributed by atoms with Crippen molar-refractivity contribution in [3.63, 3.8) is 0 Å². The van der Waals surface area contributed by atoms with Crippen molar-refractivity contribution in [3.05, 3.63) is 24.3 Å². The van der Waals surface area contributed by atoms with Crippen LogP contribution in [0.2, 0.25) is 0 Å². The predicted molar refractivity (Wildman–Crippen MR) is 108 cm³/mol. The smallest absolute Gasteiger partial charge is 0.277 e. The fourth-order valence-electron chi connectivity index (χ4n) is 4.63. The summed E-state index contributed by atoms with van der Waals surface area (Å²) in [5.74, 6) is 1.22. The van der Waals surface area contributed by atoms with Crippen molar-refractivity contribution in [1.29, 1.82) is 0 Å². The van der Waals surface area contributed by atoms with E-state index < -0.39 is 0 Å². The maximum atomic E-state index is 12.1. The van der Waals surface area contributed by atoms with E-state index in [4.69, 9.17) is 4.74 Å². The molecule has 1 aromatic carbocycles. The van der Waals surface area contributed by atoms with E-state index in [0.717, 1.165) is 37.1 Å². The number of carbonyl (C=O) groups excluding carboxylic acids is 2. The van der Waals surface area contributed by atoms with Gasteiger partial charge in [-0.15, -0.1) is 0 Å². The summed E-state index contributed by atoms with van der Waals surface area (Å²) in [4.78, 5) is 23.9. The van der Waals surface area contributed by atoms with E-state index in [2.05, 4.69) is 36.6 Å². The Kier molecular flexibility index (Phi) is 4.68. The third-order valence-corrected chi connectivity index (χ3v) is 7.27. The Morgan fingerprint density at radius 1 is 1.14 bits per heavy atom. The third kappa shape index (κ3) is 3.40. The van der Waals surface area contributed by atoms with Gasteiger partial charge in [0.15, 0.2) is 6.61 Å². The highest BCUT2D eigenvalue weighted by Crippen LogP contribution is 2.63. The lowest BCUT2D eigenvalue weighted by Gasteiger charge is -2.34. The van der Waals surface area contributed by atoms with Crippen LogP contribution in [0.15, 0.2) is 29.4 Å². The van der Waals surface area contributed by atoms with E-state index in [0.29, 0.717) is 11.7 Å². The Bertz CT molecular complexity index is 811. The number of hydrazone groups is 1. The van der Waals surface area contributed by atoms with Gasteiger partial charge < -0.3 is 10.1 Å². The Balaban J connectivity index is 1.26. The molecule has 3 saturated carbocycles. The molecule has 2 unspecified atom stereocenters. The summed E-state index contributed by atoms with van der Waals surface area (Å²) in [6, 6.07) is 7.07. The molecule has 1 aromatic rings. The monoisotopic (exact) mass is 383 g/mol. The number of hydrogen-bond acceptors (Lipinski definition) is 4. The molecule has 0 spiro atoms. The van der Waals surface area contributed by atoms with Gasteiger partial charge in [0, 0.05) is 22.7 Å². The van der Waals surface area contributed by atoms with Gasteiger partial charge in [-0.3, -0.25) is 9.59 Å². The third-order valence-electron chi connectivity index (χ3n) is 7.27. The van der Waals surface area contributed by atoms with E-state index in [1.807, 2.05) is 0 Å². The van der Waals surface area contributed by atoms with Crippen molar-refractivity contribution in [1.82, 2.24) is 5.43 Å². The Morgan fingerprint density at radius 3 is 2.43 bits per heavy atom. The van der Waals surface area contributed by atoms with E-state index in [9.17, 15) is 9.59 Å². The second-order valence-corrected chi connectivity index (χ2v) is 9.16. The number of benzene rings is 1. The summed E-state index contributed by atoms with van der Waals surface area (Å²) >= 11 is 0. The fourth-order valence-corrected chi connectivity index (χ4v) is 4.63. The highest BCUT2D eigenvalue weighted by molar-refractivity contribution is 5.95. The molecule has 2 amide bonds. The van der Waals surface area contributed by atoms with Crippen molar-refractivity contribution in [2.45, 2.75) is 52.9 Å². The molecule has 3 aliphatic carbocycles. The molecular weight excluding hydrogens is 354 g/mol. The average Bonchev–Trinajstić information content (AvgIpc) is 3.46. The molecule has 150 valence electrons. The second kappa shape index (κ2) is 6.90. The minimum atomic E-state index is -0.261. The summed E-state index contributed by atoms with van der Waals surface area (Å²) < 4.78 is 5.54. The molecular formula is C22H29N3O3. The molecule has 0 aromatic heterocycles. The lowest BCUT2D eigenvalue weighted by molar-refractivity contribution is -0.123. The minimum absolute atomic E-state index is 0.0737. The number of amides is 2. The van der Waals surface area contributed by atoms with Crippen molar-refractivity contribution >= 4 is 23.2 Å². The molecule has 3 fully saturated rings. The molecule has 0 aliphatic heterocycles. The van der Waals surface area contributed by atoms with Crippen LogP contribution in [0.5, 0.6) is 5.75 Å². The number of hydrogen-bond donors (Lipinski definition) is 2. The molecule has 4 rings (SSSR count). The van der Waals surface area contributed by atoms with Gasteiger partial charge in [-0.1, -0.05) is 20.8 Å². The van der Waals surface area contributed by atoms with Crippen LogP contribution in [0, 0.1) is 22.7 Å². The molecule has 6 nitrogen and oxygen atoms in total. The van der Waals surface area contributed by atoms with Crippen molar-refractivity contribution in [2.24, 2.45) is 27.8 Å². The number of fused-ring (bicyclic) bond motifs is 2. The predicted octanol–water partition coefficient (Wildman–Crippen LogP) is 3.73. The van der Waals surface area contributed by atoms with Crippen LogP contribution in [0.25, 0.3) is 0 Å². The topological polar surface area (TPSA) is 79.8 Å². The van der Waals surface area contributed by atoms with Crippen LogP contribution in [0.3, 0.4) is 0 Å². The summed E-state index contributed by atoms with van der Waals surface area (Å²) in [7, 11) is 0. The van der Waals surface area contributed by atoms with E-state index in [1.54, 1.807) is 24.3 Å². The molecule has 0 radical (unpaired) electrons. The van der Waals surface area contributed by atoms with Crippen LogP contribution >= 0.6 is 0 Å². The maximum Gasteiger partial charge on any atom is 0.277 e. The highest BCUT2D eigenvalue weighted by atomic mass is 16.5. The Hall–Kier alpha value is -2.37. The van der Waals surface area contributed by atoms with Crippen LogP contribution in [-0.4, -0.2) is 24.1 Å². The number of nitrogens with one attached hydrogen (secondary N) is 2. The Labute approximate surface area is 166 Å². The largest absolute Gasteiger partial charge is 0.484 e. The zero-order chi connectivity index (χ0) is 19.9. The summed E-state index contributed by atoms with van der Waals surface area (Å²) in [5, 5.41) is 7.32. The van der Waals surface area contributed by atoms with Gasteiger partial charge in [-0.2, -0.15) is 5.10 Å². The number of nitrogens with zero attached hydrogens (tertiary/aromatic N) is 1. The van der Waals surface area contributed by atoms with E-state index in [-0.39, 0.29) is 35.2 Å². The quantitative estimate of drug-likeness (QED) is 0.735. The van der Waals surface area contributed by atoms with E-state index in [1.165, 1.54) is 6.42 Å². The first-order valence-electron chi connectivity index (χ1n) is 10.2. The van der Waals surface area contributed by atoms with Crippen LogP contribution in [0.4, 0.5) is 5.69 Å². The summed E-state index contributed by atoms with van der Waals surface area (Å²) in [6.45, 7) is 6.81. The second-order valence-electron chi connectivity index (χ2n) is 9.16. The number of anilines is 1. The van der Waals surface area contributed by atoms with Gasteiger partial charge in [-0.05, 0) is 67.7 Å². The first-order valence-corrected chi connectivity index (χ1v) is 10.2. The Morgan fingerprint density at radius 2 is 1.86 bits per heavy atom. The lowest BCUT2D eigenvalue weighted by atomic mass is 9.70. The summed E-state index contributed by atoms with van der Waals surface area (Å²) in [6.07, 6.45) is 5.31. The molecule has 28 heavy (non-hydrogen) atoms. The van der Waals surface area contributed by atoms with Crippen molar-refractivity contribution in [2.75, 3.05) is 11.9 Å². The van der Waals surface area contributed by atoms with Gasteiger partial charge in [0.1, 0.15) is 5.75 Å². The standard InChI is InChI=1S/C22H29N3O3/c1-21(2)15-10-11-22(21,3)18(12-15)24-25-19(26)13-28-17-8-6-16(7-9-17)23-20(27)14-4-5-14/h6-9,14-15H,4-5,10-13H2,1-3H3,(H,23,27)(H,25,26)/b24-18-. The van der Waals surface area contributed by atoms with Crippen LogP contribution < -0.4 is 15.5 Å². The first-order chi connectivity index (χ1) is 13.3. The van der Waals surface area contributed by atoms with Gasteiger partial charge in [0.05, 0.1) is 0 Å². The van der Waals surface area contributed by atoms with Crippen molar-refractivity contribution in [3.8, 4) is 5.75 Å². The maximum absolute atomic E-state index is 12.1. The average molecular weight is 383 g/mol. The zero-order valence-corrected chi connectivity index (χ0v) is 16.9. The van der Waals surface area contributed by atoms with Gasteiger partial charge in [0.2, 0.25) is 5.91 Å². The van der Waals surface area contributed by atoms with Crippen LogP contribution in [-0.2, 0) is 9.59 Å².